The molecule has 3 aliphatic heterocycles. The van der Waals surface area contributed by atoms with E-state index in [9.17, 15) is 4.79 Å². The first-order chi connectivity index (χ1) is 21.1. The normalized spacial score (nSPS) is 23.7. The highest BCUT2D eigenvalue weighted by atomic mass is 16.2. The van der Waals surface area contributed by atoms with Crippen molar-refractivity contribution in [1.82, 2.24) is 24.3 Å². The largest absolute Gasteiger partial charge is 0.360 e. The van der Waals surface area contributed by atoms with Gasteiger partial charge in [0.15, 0.2) is 0 Å². The molecule has 0 spiro atoms. The molecule has 3 atom stereocenters. The van der Waals surface area contributed by atoms with Gasteiger partial charge < -0.3 is 14.5 Å². The quantitative estimate of drug-likeness (QED) is 0.233. The van der Waals surface area contributed by atoms with Gasteiger partial charge in [0.25, 0.3) is 5.91 Å². The molecule has 5 heterocycles. The fourth-order valence-corrected chi connectivity index (χ4v) is 8.82. The average Bonchev–Trinajstić information content (AvgIpc) is 3.70. The van der Waals surface area contributed by atoms with Gasteiger partial charge in [0.2, 0.25) is 0 Å². The zero-order chi connectivity index (χ0) is 29.0. The van der Waals surface area contributed by atoms with Gasteiger partial charge in [-0.1, -0.05) is 60.7 Å². The summed E-state index contributed by atoms with van der Waals surface area (Å²) in [6, 6.07) is 29.7. The second-order valence-corrected chi connectivity index (χ2v) is 13.2. The summed E-state index contributed by atoms with van der Waals surface area (Å²) in [6.45, 7) is 4.91. The third-order valence-electron chi connectivity index (χ3n) is 11.1. The van der Waals surface area contributed by atoms with E-state index in [2.05, 4.69) is 80.9 Å². The molecule has 6 nitrogen and oxygen atoms in total. The highest BCUT2D eigenvalue weighted by Gasteiger charge is 2.44. The van der Waals surface area contributed by atoms with E-state index in [1.165, 1.54) is 36.8 Å². The number of aromatic nitrogens is 3. The number of amides is 1. The molecule has 2 aromatic heterocycles. The first-order valence-corrected chi connectivity index (χ1v) is 16.2. The van der Waals surface area contributed by atoms with Crippen LogP contribution in [0, 0.1) is 6.92 Å². The molecule has 3 aliphatic rings. The van der Waals surface area contributed by atoms with Gasteiger partial charge >= 0.3 is 0 Å². The van der Waals surface area contributed by atoms with Crippen LogP contribution >= 0.6 is 0 Å². The molecule has 2 bridgehead atoms. The zero-order valence-corrected chi connectivity index (χ0v) is 25.1. The Morgan fingerprint density at radius 3 is 2.37 bits per heavy atom. The lowest BCUT2D eigenvalue weighted by molar-refractivity contribution is 0.0608. The van der Waals surface area contributed by atoms with Gasteiger partial charge in [-0.2, -0.15) is 0 Å². The van der Waals surface area contributed by atoms with Crippen molar-refractivity contribution in [3.05, 3.63) is 102 Å². The van der Waals surface area contributed by atoms with Gasteiger partial charge in [-0.15, -0.1) is 0 Å². The number of nitrogens with one attached hydrogen (secondary N) is 1. The summed E-state index contributed by atoms with van der Waals surface area (Å²) in [5.74, 6) is 1.30. The number of imidazole rings is 1. The number of carbonyl (C=O) groups is 1. The Morgan fingerprint density at radius 1 is 0.884 bits per heavy atom. The van der Waals surface area contributed by atoms with E-state index in [0.29, 0.717) is 18.1 Å². The molecule has 1 unspecified atom stereocenters. The van der Waals surface area contributed by atoms with Crippen molar-refractivity contribution in [3.63, 3.8) is 0 Å². The van der Waals surface area contributed by atoms with Gasteiger partial charge in [0.05, 0.1) is 16.6 Å². The highest BCUT2D eigenvalue weighted by molar-refractivity contribution is 6.06. The highest BCUT2D eigenvalue weighted by Crippen LogP contribution is 2.45. The van der Waals surface area contributed by atoms with E-state index in [-0.39, 0.29) is 11.3 Å². The number of aryl methyl sites for hydroxylation is 1. The number of hydrogen-bond donors (Lipinski definition) is 1. The van der Waals surface area contributed by atoms with E-state index in [1.54, 1.807) is 0 Å². The molecule has 1 N–H and O–H groups in total. The van der Waals surface area contributed by atoms with Gasteiger partial charge in [0.1, 0.15) is 5.82 Å². The number of nitrogens with zero attached hydrogens (tertiary/aromatic N) is 4. The molecular formula is C37H41N5O. The summed E-state index contributed by atoms with van der Waals surface area (Å²) in [6.07, 6.45) is 10.1. The lowest BCUT2D eigenvalue weighted by Gasteiger charge is -2.45. The Balaban J connectivity index is 0.987. The van der Waals surface area contributed by atoms with Crippen LogP contribution in [0.3, 0.4) is 0 Å². The molecule has 3 fully saturated rings. The lowest BCUT2D eigenvalue weighted by atomic mass is 9.70. The summed E-state index contributed by atoms with van der Waals surface area (Å²) in [4.78, 5) is 26.8. The molecular weight excluding hydrogens is 530 g/mol. The molecule has 0 radical (unpaired) electrons. The fraction of sp³-hybridized carbons (Fsp3) is 0.405. The Labute approximate surface area is 253 Å². The van der Waals surface area contributed by atoms with Gasteiger partial charge in [-0.25, -0.2) is 4.98 Å². The van der Waals surface area contributed by atoms with E-state index in [1.807, 2.05) is 30.5 Å². The molecule has 220 valence electrons. The van der Waals surface area contributed by atoms with Crippen LogP contribution in [0.25, 0.3) is 21.9 Å². The van der Waals surface area contributed by atoms with Crippen molar-refractivity contribution in [2.45, 2.75) is 75.4 Å². The number of para-hydroxylation sites is 3. The Hall–Kier alpha value is -3.90. The molecule has 0 aliphatic carbocycles. The maximum absolute atomic E-state index is 13.6. The van der Waals surface area contributed by atoms with Crippen molar-refractivity contribution in [1.29, 1.82) is 0 Å². The smallest absolute Gasteiger partial charge is 0.256 e. The van der Waals surface area contributed by atoms with Crippen molar-refractivity contribution in [2.24, 2.45) is 0 Å². The second kappa shape index (κ2) is 10.7. The number of likely N-dealkylation sites (tertiary alicyclic amines) is 1. The number of carbonyl (C=O) groups excluding carboxylic acids is 1. The minimum absolute atomic E-state index is 0.103. The Morgan fingerprint density at radius 2 is 1.58 bits per heavy atom. The van der Waals surface area contributed by atoms with Crippen LogP contribution in [0.2, 0.25) is 0 Å². The van der Waals surface area contributed by atoms with Crippen LogP contribution in [-0.4, -0.2) is 62.0 Å². The van der Waals surface area contributed by atoms with Crippen molar-refractivity contribution in [3.8, 4) is 0 Å². The summed E-state index contributed by atoms with van der Waals surface area (Å²) in [7, 11) is 0. The summed E-state index contributed by atoms with van der Waals surface area (Å²) in [5, 5.41) is 1.02. The van der Waals surface area contributed by atoms with Crippen LogP contribution in [-0.2, 0) is 5.41 Å². The van der Waals surface area contributed by atoms with Crippen LogP contribution in [0.4, 0.5) is 0 Å². The van der Waals surface area contributed by atoms with Gasteiger partial charge in [0, 0.05) is 48.3 Å². The van der Waals surface area contributed by atoms with E-state index < -0.39 is 0 Å². The van der Waals surface area contributed by atoms with Crippen LogP contribution in [0.1, 0.15) is 72.7 Å². The number of piperidine rings is 2. The van der Waals surface area contributed by atoms with Crippen LogP contribution < -0.4 is 0 Å². The van der Waals surface area contributed by atoms with E-state index >= 15 is 0 Å². The maximum atomic E-state index is 13.6. The van der Waals surface area contributed by atoms with Gasteiger partial charge in [-0.3, -0.25) is 9.69 Å². The van der Waals surface area contributed by atoms with Crippen molar-refractivity contribution < 1.29 is 4.79 Å². The number of benzene rings is 3. The molecule has 6 heteroatoms. The molecule has 8 rings (SSSR count). The Kier molecular flexibility index (Phi) is 6.63. The predicted octanol–water partition coefficient (Wildman–Crippen LogP) is 7.26. The van der Waals surface area contributed by atoms with Crippen molar-refractivity contribution in [2.75, 3.05) is 19.6 Å². The average molecular weight is 572 g/mol. The fourth-order valence-electron chi connectivity index (χ4n) is 8.82. The van der Waals surface area contributed by atoms with Crippen LogP contribution in [0.15, 0.2) is 85.1 Å². The topological polar surface area (TPSA) is 57.2 Å². The summed E-state index contributed by atoms with van der Waals surface area (Å²) in [5.41, 5.74) is 5.77. The third kappa shape index (κ3) is 4.58. The predicted molar refractivity (Wildman–Crippen MR) is 172 cm³/mol. The SMILES string of the molecule is Cc1nc2ccccc2n1C1C[C@H]2CC[C@@H](C1)N2CCC1(c2ccccc2)CCN(C(=O)c2c[nH]c3ccccc23)CC1. The number of aromatic amines is 1. The first-order valence-electron chi connectivity index (χ1n) is 16.2. The summed E-state index contributed by atoms with van der Waals surface area (Å²) < 4.78 is 2.53. The zero-order valence-electron chi connectivity index (χ0n) is 25.1. The standard InChI is InChI=1S/C37H41N5O/c1-26-39-34-13-7-8-14-35(34)42(26)30-23-28-15-16-29(24-30)41(28)22-19-37(27-9-3-2-4-10-27)17-20-40(21-18-37)36(43)32-25-38-33-12-6-5-11-31(32)33/h2-14,25,28-30,38H,15-24H2,1H3/t28-,29+,30?. The molecule has 3 aromatic carbocycles. The Bertz CT molecular complexity index is 1750. The molecule has 43 heavy (non-hydrogen) atoms. The van der Waals surface area contributed by atoms with Crippen LogP contribution in [0.5, 0.6) is 0 Å². The molecule has 3 saturated heterocycles. The molecule has 5 aromatic rings. The van der Waals surface area contributed by atoms with Crippen molar-refractivity contribution >= 4 is 27.8 Å². The van der Waals surface area contributed by atoms with E-state index in [0.717, 1.165) is 66.7 Å². The molecule has 0 saturated carbocycles. The lowest BCUT2D eigenvalue weighted by Crippen LogP contribution is -2.49. The summed E-state index contributed by atoms with van der Waals surface area (Å²) >= 11 is 0. The van der Waals surface area contributed by atoms with Gasteiger partial charge in [-0.05, 0) is 87.6 Å². The number of rotatable bonds is 6. The maximum Gasteiger partial charge on any atom is 0.256 e. The van der Waals surface area contributed by atoms with E-state index in [4.69, 9.17) is 4.98 Å². The third-order valence-corrected chi connectivity index (χ3v) is 11.1. The first kappa shape index (κ1) is 26.7. The number of H-pyrrole nitrogens is 1. The number of fused-ring (bicyclic) bond motifs is 4. The molecule has 1 amide bonds. The number of hydrogen-bond acceptors (Lipinski definition) is 3. The minimum atomic E-state index is 0.103. The monoisotopic (exact) mass is 571 g/mol. The minimum Gasteiger partial charge on any atom is -0.360 e. The second-order valence-electron chi connectivity index (χ2n) is 13.2.